The molecule has 3 nitrogen and oxygen atoms in total. The van der Waals surface area contributed by atoms with Gasteiger partial charge in [0.15, 0.2) is 11.0 Å². The van der Waals surface area contributed by atoms with Gasteiger partial charge in [-0.15, -0.1) is 0 Å². The van der Waals surface area contributed by atoms with Gasteiger partial charge < -0.3 is 5.73 Å². The van der Waals surface area contributed by atoms with Crippen molar-refractivity contribution in [3.63, 3.8) is 0 Å². The van der Waals surface area contributed by atoms with Gasteiger partial charge in [0.05, 0.1) is 11.4 Å². The topological polar surface area (TPSA) is 55.5 Å². The van der Waals surface area contributed by atoms with Crippen molar-refractivity contribution in [3.8, 4) is 0 Å². The van der Waals surface area contributed by atoms with Crippen LogP contribution in [0.3, 0.4) is 0 Å². The van der Waals surface area contributed by atoms with E-state index in [4.69, 9.17) is 5.73 Å². The number of nitrogens with zero attached hydrogens (tertiary/aromatic N) is 1. The molecule has 0 amide bonds. The molecule has 2 N–H and O–H groups in total. The summed E-state index contributed by atoms with van der Waals surface area (Å²) < 4.78 is 0. The van der Waals surface area contributed by atoms with Gasteiger partial charge in [-0.25, -0.2) is 4.99 Å². The Hall–Kier alpha value is -2.59. The molecular formula is C20H18N2OS. The average molecular weight is 334 g/mol. The third-order valence-corrected chi connectivity index (χ3v) is 4.52. The fraction of sp³-hybridized carbons (Fsp3) is 0.100. The number of hydrogen-bond donors (Lipinski definition) is 1. The maximum absolute atomic E-state index is 12.2. The second-order valence-electron chi connectivity index (χ2n) is 5.53. The molecule has 0 spiro atoms. The number of carbonyl (C=O) groups is 1. The second-order valence-corrected chi connectivity index (χ2v) is 6.52. The maximum Gasteiger partial charge on any atom is 0.173 e. The molecule has 0 unspecified atom stereocenters. The van der Waals surface area contributed by atoms with Crippen LogP contribution in [0.2, 0.25) is 0 Å². The third kappa shape index (κ3) is 3.84. The summed E-state index contributed by atoms with van der Waals surface area (Å²) in [4.78, 5) is 16.7. The van der Waals surface area contributed by atoms with Crippen LogP contribution in [0.15, 0.2) is 71.7 Å². The minimum absolute atomic E-state index is 0.0519. The molecule has 0 fully saturated rings. The highest BCUT2D eigenvalue weighted by Gasteiger charge is 2.07. The molecule has 24 heavy (non-hydrogen) atoms. The van der Waals surface area contributed by atoms with Crippen molar-refractivity contribution in [1.29, 1.82) is 0 Å². The minimum Gasteiger partial charge on any atom is -0.378 e. The average Bonchev–Trinajstić information content (AvgIpc) is 2.61. The molecule has 0 radical (unpaired) electrons. The van der Waals surface area contributed by atoms with Crippen molar-refractivity contribution in [3.05, 3.63) is 77.9 Å². The molecule has 4 heteroatoms. The van der Waals surface area contributed by atoms with Crippen LogP contribution in [0.4, 0.5) is 5.69 Å². The van der Waals surface area contributed by atoms with E-state index < -0.39 is 0 Å². The number of rotatable bonds is 4. The molecule has 0 heterocycles. The Labute approximate surface area is 145 Å². The van der Waals surface area contributed by atoms with Crippen LogP contribution in [0.5, 0.6) is 0 Å². The lowest BCUT2D eigenvalue weighted by Gasteiger charge is -2.04. The van der Waals surface area contributed by atoms with Crippen molar-refractivity contribution < 1.29 is 4.79 Å². The number of ketones is 1. The summed E-state index contributed by atoms with van der Waals surface area (Å²) in [5.74, 6) is 0.333. The molecule has 0 aliphatic rings. The minimum atomic E-state index is 0.0519. The number of fused-ring (bicyclic) bond motifs is 1. The van der Waals surface area contributed by atoms with Crippen LogP contribution in [0, 0.1) is 6.92 Å². The molecule has 0 atom stereocenters. The number of carbonyl (C=O) groups excluding carboxylic acids is 1. The molecule has 0 aromatic heterocycles. The zero-order valence-corrected chi connectivity index (χ0v) is 14.2. The van der Waals surface area contributed by atoms with E-state index in [1.165, 1.54) is 11.8 Å². The van der Waals surface area contributed by atoms with Crippen molar-refractivity contribution in [2.24, 2.45) is 10.7 Å². The first-order chi connectivity index (χ1) is 11.6. The molecule has 0 bridgehead atoms. The molecule has 0 saturated carbocycles. The number of benzene rings is 3. The molecule has 0 aliphatic carbocycles. The van der Waals surface area contributed by atoms with E-state index in [2.05, 4.69) is 4.99 Å². The van der Waals surface area contributed by atoms with Crippen molar-refractivity contribution in [2.45, 2.75) is 6.92 Å². The number of aliphatic imine (C=N–C) groups is 1. The van der Waals surface area contributed by atoms with Crippen LogP contribution in [0.1, 0.15) is 15.9 Å². The number of nitrogens with two attached hydrogens (primary N) is 1. The number of Topliss-reactive ketones (excluding diaryl/α,β-unsaturated/α-hetero) is 1. The van der Waals surface area contributed by atoms with E-state index in [1.807, 2.05) is 73.7 Å². The van der Waals surface area contributed by atoms with Gasteiger partial charge in [0.2, 0.25) is 0 Å². The van der Waals surface area contributed by atoms with Crippen molar-refractivity contribution >= 4 is 39.2 Å². The molecule has 3 rings (SSSR count). The zero-order valence-electron chi connectivity index (χ0n) is 13.4. The lowest BCUT2D eigenvalue weighted by atomic mass is 10.1. The van der Waals surface area contributed by atoms with Crippen LogP contribution in [0.25, 0.3) is 10.8 Å². The largest absolute Gasteiger partial charge is 0.378 e. The predicted octanol–water partition coefficient (Wildman–Crippen LogP) is 4.71. The van der Waals surface area contributed by atoms with E-state index in [9.17, 15) is 4.79 Å². The van der Waals surface area contributed by atoms with Gasteiger partial charge in [-0.2, -0.15) is 0 Å². The Balaban J connectivity index is 1.72. The van der Waals surface area contributed by atoms with E-state index in [0.717, 1.165) is 22.0 Å². The van der Waals surface area contributed by atoms with Crippen LogP contribution < -0.4 is 5.73 Å². The summed E-state index contributed by atoms with van der Waals surface area (Å²) >= 11 is 1.27. The summed E-state index contributed by atoms with van der Waals surface area (Å²) in [6.07, 6.45) is 0. The van der Waals surface area contributed by atoms with Gasteiger partial charge in [-0.1, -0.05) is 78.0 Å². The summed E-state index contributed by atoms with van der Waals surface area (Å²) in [5.41, 5.74) is 8.66. The quantitative estimate of drug-likeness (QED) is 0.427. The smallest absolute Gasteiger partial charge is 0.173 e. The summed E-state index contributed by atoms with van der Waals surface area (Å²) in [5, 5.41) is 2.56. The second kappa shape index (κ2) is 7.32. The lowest BCUT2D eigenvalue weighted by molar-refractivity contribution is 0.102. The molecule has 120 valence electrons. The standard InChI is InChI=1S/C20H18N2OS/c1-14-9-11-16(12-10-14)19(23)13-24-20(21)22-18-8-4-6-15-5-2-3-7-17(15)18/h2-12H,13H2,1H3,(H2,21,22). The van der Waals surface area contributed by atoms with Crippen molar-refractivity contribution in [1.82, 2.24) is 0 Å². The highest BCUT2D eigenvalue weighted by molar-refractivity contribution is 8.14. The number of aryl methyl sites for hydroxylation is 1. The Morgan fingerprint density at radius 1 is 1.00 bits per heavy atom. The van der Waals surface area contributed by atoms with Gasteiger partial charge >= 0.3 is 0 Å². The Morgan fingerprint density at radius 2 is 1.71 bits per heavy atom. The monoisotopic (exact) mass is 334 g/mol. The van der Waals surface area contributed by atoms with E-state index in [-0.39, 0.29) is 11.5 Å². The van der Waals surface area contributed by atoms with E-state index in [0.29, 0.717) is 10.7 Å². The Morgan fingerprint density at radius 3 is 2.50 bits per heavy atom. The maximum atomic E-state index is 12.2. The number of thioether (sulfide) groups is 1. The van der Waals surface area contributed by atoms with Gasteiger partial charge in [0.1, 0.15) is 0 Å². The highest BCUT2D eigenvalue weighted by Crippen LogP contribution is 2.26. The Bertz CT molecular complexity index is 896. The molecule has 3 aromatic rings. The summed E-state index contributed by atoms with van der Waals surface area (Å²) in [6.45, 7) is 2.00. The number of hydrogen-bond acceptors (Lipinski definition) is 3. The lowest BCUT2D eigenvalue weighted by Crippen LogP contribution is -2.11. The first kappa shape index (κ1) is 16.3. The first-order valence-electron chi connectivity index (χ1n) is 7.68. The van der Waals surface area contributed by atoms with Crippen molar-refractivity contribution in [2.75, 3.05) is 5.75 Å². The first-order valence-corrected chi connectivity index (χ1v) is 8.66. The van der Waals surface area contributed by atoms with E-state index in [1.54, 1.807) is 0 Å². The third-order valence-electron chi connectivity index (χ3n) is 3.72. The van der Waals surface area contributed by atoms with Gasteiger partial charge in [0.25, 0.3) is 0 Å². The molecule has 0 aliphatic heterocycles. The summed E-state index contributed by atoms with van der Waals surface area (Å²) in [7, 11) is 0. The Kier molecular flexibility index (Phi) is 4.96. The van der Waals surface area contributed by atoms with Crippen LogP contribution in [-0.4, -0.2) is 16.7 Å². The van der Waals surface area contributed by atoms with Gasteiger partial charge in [0, 0.05) is 10.9 Å². The summed E-state index contributed by atoms with van der Waals surface area (Å²) in [6, 6.07) is 21.5. The normalized spacial score (nSPS) is 11.6. The van der Waals surface area contributed by atoms with E-state index >= 15 is 0 Å². The SMILES string of the molecule is Cc1ccc(C(=O)CSC(N)=Nc2cccc3ccccc23)cc1. The fourth-order valence-electron chi connectivity index (χ4n) is 2.42. The molecular weight excluding hydrogens is 316 g/mol. The highest BCUT2D eigenvalue weighted by atomic mass is 32.2. The molecule has 0 saturated heterocycles. The van der Waals surface area contributed by atoms with Gasteiger partial charge in [-0.3, -0.25) is 4.79 Å². The van der Waals surface area contributed by atoms with Crippen LogP contribution >= 0.6 is 11.8 Å². The predicted molar refractivity (Wildman–Crippen MR) is 103 cm³/mol. The number of amidine groups is 1. The molecule has 3 aromatic carbocycles. The van der Waals surface area contributed by atoms with Crippen LogP contribution in [-0.2, 0) is 0 Å². The van der Waals surface area contributed by atoms with Gasteiger partial charge in [-0.05, 0) is 18.4 Å². The fourth-order valence-corrected chi connectivity index (χ4v) is 3.03. The zero-order chi connectivity index (χ0) is 16.9.